The molecule has 1 amide bonds. The van der Waals surface area contributed by atoms with Gasteiger partial charge in [-0.2, -0.15) is 0 Å². The highest BCUT2D eigenvalue weighted by atomic mass is 19.4. The van der Waals surface area contributed by atoms with E-state index < -0.39 is 25.0 Å². The fourth-order valence-electron chi connectivity index (χ4n) is 3.37. The van der Waals surface area contributed by atoms with Crippen molar-refractivity contribution in [1.82, 2.24) is 5.32 Å². The number of aliphatic imine (C=N–C) groups is 1. The van der Waals surface area contributed by atoms with Crippen LogP contribution in [0.5, 0.6) is 5.75 Å². The lowest BCUT2D eigenvalue weighted by Crippen LogP contribution is -2.22. The number of hydrogen-bond donors (Lipinski definition) is 3. The molecule has 0 aliphatic heterocycles. The summed E-state index contributed by atoms with van der Waals surface area (Å²) >= 11 is 0. The number of allylic oxidation sites excluding steroid dienone is 2. The van der Waals surface area contributed by atoms with Crippen LogP contribution in [0.4, 0.5) is 18.9 Å². The molecular weight excluding hydrogens is 461 g/mol. The second-order valence-corrected chi connectivity index (χ2v) is 7.81. The number of rotatable bonds is 10. The number of benzene rings is 2. The van der Waals surface area contributed by atoms with Crippen molar-refractivity contribution in [2.24, 2.45) is 4.99 Å². The van der Waals surface area contributed by atoms with E-state index in [0.717, 1.165) is 18.1 Å². The van der Waals surface area contributed by atoms with Gasteiger partial charge >= 0.3 is 6.36 Å². The summed E-state index contributed by atoms with van der Waals surface area (Å²) in [5.74, 6) is -0.792. The summed E-state index contributed by atoms with van der Waals surface area (Å²) in [6, 6.07) is 7.07. The van der Waals surface area contributed by atoms with Gasteiger partial charge < -0.3 is 20.3 Å². The van der Waals surface area contributed by atoms with Crippen molar-refractivity contribution < 1.29 is 32.9 Å². The van der Waals surface area contributed by atoms with Gasteiger partial charge in [-0.1, -0.05) is 31.2 Å². The zero-order valence-electron chi connectivity index (χ0n) is 19.8. The number of halogens is 3. The number of nitrogens with zero attached hydrogens (tertiary/aromatic N) is 1. The van der Waals surface area contributed by atoms with Crippen LogP contribution in [0.2, 0.25) is 0 Å². The van der Waals surface area contributed by atoms with E-state index >= 15 is 0 Å². The van der Waals surface area contributed by atoms with Gasteiger partial charge in [-0.15, -0.1) is 13.2 Å². The lowest BCUT2D eigenvalue weighted by Gasteiger charge is -2.21. The Bertz CT molecular complexity index is 1110. The second kappa shape index (κ2) is 12.3. The maximum absolute atomic E-state index is 12.5. The van der Waals surface area contributed by atoms with E-state index in [1.165, 1.54) is 24.3 Å². The first-order valence-corrected chi connectivity index (χ1v) is 10.9. The van der Waals surface area contributed by atoms with Crippen LogP contribution in [0.3, 0.4) is 0 Å². The molecule has 9 heteroatoms. The number of carbonyl (C=O) groups excluding carboxylic acids is 1. The number of ether oxygens (including phenoxy) is 1. The Hall–Kier alpha value is -3.43. The van der Waals surface area contributed by atoms with Gasteiger partial charge in [-0.3, -0.25) is 9.79 Å². The van der Waals surface area contributed by atoms with E-state index in [2.05, 4.69) is 21.6 Å². The smallest absolute Gasteiger partial charge is 0.406 e. The third-order valence-electron chi connectivity index (χ3n) is 5.34. The molecular formula is C26H29F3N2O4. The van der Waals surface area contributed by atoms with E-state index in [4.69, 9.17) is 0 Å². The van der Waals surface area contributed by atoms with E-state index in [9.17, 15) is 28.2 Å². The zero-order valence-corrected chi connectivity index (χ0v) is 19.8. The first kappa shape index (κ1) is 27.8. The molecule has 1 unspecified atom stereocenters. The molecule has 0 heterocycles. The molecule has 0 radical (unpaired) electrons. The van der Waals surface area contributed by atoms with Crippen molar-refractivity contribution in [3.8, 4) is 16.9 Å². The fourth-order valence-corrected chi connectivity index (χ4v) is 3.37. The Morgan fingerprint density at radius 2 is 1.94 bits per heavy atom. The molecule has 2 aromatic rings. The van der Waals surface area contributed by atoms with Crippen LogP contribution in [-0.2, 0) is 11.3 Å². The standard InChI is InChI=1S/C26H29F3N2O4/c1-5-16(3)11-12-30-25-17(4)21(18-7-9-20(10-8-18)35-26(27,28)29)13-19(14-31-23(34)6-2)24(25)22(33)15-32/h6-13,22,32-33H,2,5,14-15H2,1,3-4H3,(H,31,34). The van der Waals surface area contributed by atoms with Crippen LogP contribution in [-0.4, -0.2) is 35.3 Å². The molecule has 0 bridgehead atoms. The van der Waals surface area contributed by atoms with Gasteiger partial charge in [-0.05, 0) is 72.9 Å². The number of hydrogen-bond acceptors (Lipinski definition) is 5. The van der Waals surface area contributed by atoms with Gasteiger partial charge in [0.25, 0.3) is 0 Å². The summed E-state index contributed by atoms with van der Waals surface area (Å²) in [6.07, 6.45) is -0.739. The summed E-state index contributed by atoms with van der Waals surface area (Å²) in [6.45, 7) is 8.56. The number of amides is 1. The molecule has 35 heavy (non-hydrogen) atoms. The summed E-state index contributed by atoms with van der Waals surface area (Å²) in [5.41, 5.74) is 4.14. The predicted octanol–water partition coefficient (Wildman–Crippen LogP) is 5.45. The molecule has 2 rings (SSSR count). The molecule has 3 N–H and O–H groups in total. The zero-order chi connectivity index (χ0) is 26.2. The van der Waals surface area contributed by atoms with Crippen molar-refractivity contribution >= 4 is 17.8 Å². The Labute approximate surface area is 202 Å². The number of alkyl halides is 3. The average Bonchev–Trinajstić information content (AvgIpc) is 2.82. The Kier molecular flexibility index (Phi) is 9.79. The van der Waals surface area contributed by atoms with E-state index in [-0.39, 0.29) is 12.3 Å². The lowest BCUT2D eigenvalue weighted by molar-refractivity contribution is -0.274. The molecule has 0 fully saturated rings. The van der Waals surface area contributed by atoms with E-state index in [1.807, 2.05) is 19.9 Å². The Balaban J connectivity index is 2.70. The SMILES string of the molecule is C=CC(=O)NCc1cc(-c2ccc(OC(F)(F)F)cc2)c(C)c(N=CC=C(C)CC)c1C(O)CO. The average molecular weight is 491 g/mol. The summed E-state index contributed by atoms with van der Waals surface area (Å²) in [4.78, 5) is 16.3. The Morgan fingerprint density at radius 1 is 1.29 bits per heavy atom. The lowest BCUT2D eigenvalue weighted by atomic mass is 9.90. The maximum atomic E-state index is 12.5. The van der Waals surface area contributed by atoms with Crippen molar-refractivity contribution in [3.63, 3.8) is 0 Å². The third kappa shape index (κ3) is 7.80. The molecule has 0 aromatic heterocycles. The number of nitrogens with one attached hydrogen (secondary N) is 1. The maximum Gasteiger partial charge on any atom is 0.573 e. The largest absolute Gasteiger partial charge is 0.573 e. The van der Waals surface area contributed by atoms with Gasteiger partial charge in [0.1, 0.15) is 11.9 Å². The number of aliphatic hydroxyl groups is 2. The summed E-state index contributed by atoms with van der Waals surface area (Å²) in [7, 11) is 0. The highest BCUT2D eigenvalue weighted by molar-refractivity contribution is 5.87. The van der Waals surface area contributed by atoms with Crippen molar-refractivity contribution in [2.45, 2.75) is 46.2 Å². The Morgan fingerprint density at radius 3 is 2.49 bits per heavy atom. The molecule has 0 saturated heterocycles. The van der Waals surface area contributed by atoms with Gasteiger partial charge in [0.05, 0.1) is 12.3 Å². The van der Waals surface area contributed by atoms with Crippen LogP contribution in [0, 0.1) is 6.92 Å². The highest BCUT2D eigenvalue weighted by Crippen LogP contribution is 2.39. The molecule has 2 aromatic carbocycles. The monoisotopic (exact) mass is 490 g/mol. The van der Waals surface area contributed by atoms with E-state index in [1.54, 1.807) is 19.2 Å². The van der Waals surface area contributed by atoms with Crippen molar-refractivity contribution in [2.75, 3.05) is 6.61 Å². The van der Waals surface area contributed by atoms with E-state index in [0.29, 0.717) is 33.5 Å². The van der Waals surface area contributed by atoms with Crippen LogP contribution in [0.25, 0.3) is 11.1 Å². The topological polar surface area (TPSA) is 91.2 Å². The minimum Gasteiger partial charge on any atom is -0.406 e. The quantitative estimate of drug-likeness (QED) is 0.305. The fraction of sp³-hybridized carbons (Fsp3) is 0.308. The number of aliphatic hydroxyl groups excluding tert-OH is 2. The molecule has 1 atom stereocenters. The minimum absolute atomic E-state index is 0.00609. The summed E-state index contributed by atoms with van der Waals surface area (Å²) in [5, 5.41) is 22.9. The predicted molar refractivity (Wildman–Crippen MR) is 130 cm³/mol. The molecule has 0 saturated carbocycles. The highest BCUT2D eigenvalue weighted by Gasteiger charge is 2.31. The molecule has 0 aliphatic rings. The minimum atomic E-state index is -4.80. The van der Waals surface area contributed by atoms with Gasteiger partial charge in [0.15, 0.2) is 0 Å². The third-order valence-corrected chi connectivity index (χ3v) is 5.34. The van der Waals surface area contributed by atoms with Crippen molar-refractivity contribution in [3.05, 3.63) is 71.3 Å². The molecule has 188 valence electrons. The second-order valence-electron chi connectivity index (χ2n) is 7.81. The first-order chi connectivity index (χ1) is 16.5. The molecule has 0 aliphatic carbocycles. The van der Waals surface area contributed by atoms with Crippen LogP contribution < -0.4 is 10.1 Å². The summed E-state index contributed by atoms with van der Waals surface area (Å²) < 4.78 is 41.6. The van der Waals surface area contributed by atoms with Gasteiger partial charge in [0.2, 0.25) is 5.91 Å². The number of carbonyl (C=O) groups is 1. The van der Waals surface area contributed by atoms with Crippen LogP contribution in [0.1, 0.15) is 43.1 Å². The normalized spacial score (nSPS) is 13.1. The van der Waals surface area contributed by atoms with Crippen LogP contribution >= 0.6 is 0 Å². The molecule has 0 spiro atoms. The van der Waals surface area contributed by atoms with Crippen molar-refractivity contribution in [1.29, 1.82) is 0 Å². The van der Waals surface area contributed by atoms with Gasteiger partial charge in [0, 0.05) is 18.3 Å². The van der Waals surface area contributed by atoms with Gasteiger partial charge in [-0.25, -0.2) is 0 Å². The molecule has 6 nitrogen and oxygen atoms in total. The van der Waals surface area contributed by atoms with Crippen LogP contribution in [0.15, 0.2) is 59.6 Å². The first-order valence-electron chi connectivity index (χ1n) is 10.9.